The predicted molar refractivity (Wildman–Crippen MR) is 119 cm³/mol. The minimum absolute atomic E-state index is 0.0469. The van der Waals surface area contributed by atoms with Crippen LogP contribution in [0.4, 0.5) is 0 Å². The maximum Gasteiger partial charge on any atom is 0.274 e. The Morgan fingerprint density at radius 3 is 2.77 bits per heavy atom. The summed E-state index contributed by atoms with van der Waals surface area (Å²) in [7, 11) is 0. The molecule has 0 spiro atoms. The number of hydrogen-bond donors (Lipinski definition) is 1. The Morgan fingerprint density at radius 1 is 1.23 bits per heavy atom. The summed E-state index contributed by atoms with van der Waals surface area (Å²) < 4.78 is 1.76. The first-order valence-corrected chi connectivity index (χ1v) is 12.2. The van der Waals surface area contributed by atoms with Crippen molar-refractivity contribution < 1.29 is 9.59 Å². The molecule has 4 fully saturated rings. The first kappa shape index (κ1) is 19.9. The van der Waals surface area contributed by atoms with Gasteiger partial charge in [0.1, 0.15) is 17.0 Å². The summed E-state index contributed by atoms with van der Waals surface area (Å²) in [6, 6.07) is 5.49. The third kappa shape index (κ3) is 3.31. The molecule has 7 heteroatoms. The molecule has 1 saturated heterocycles. The van der Waals surface area contributed by atoms with Crippen LogP contribution in [-0.4, -0.2) is 57.2 Å². The number of imidazole rings is 1. The summed E-state index contributed by atoms with van der Waals surface area (Å²) >= 11 is 1.87. The average Bonchev–Trinajstić information content (AvgIpc) is 3.22. The van der Waals surface area contributed by atoms with Gasteiger partial charge in [0.15, 0.2) is 0 Å². The molecule has 6 rings (SSSR count). The Hall–Kier alpha value is -2.02. The van der Waals surface area contributed by atoms with Crippen molar-refractivity contribution in [2.45, 2.75) is 33.1 Å². The Morgan fingerprint density at radius 2 is 2.03 bits per heavy atom. The van der Waals surface area contributed by atoms with Crippen molar-refractivity contribution in [1.82, 2.24) is 19.6 Å². The van der Waals surface area contributed by atoms with E-state index in [1.54, 1.807) is 16.7 Å². The van der Waals surface area contributed by atoms with Gasteiger partial charge < -0.3 is 10.2 Å². The molecule has 4 aliphatic rings. The van der Waals surface area contributed by atoms with Crippen molar-refractivity contribution in [1.29, 1.82) is 0 Å². The number of thioether (sulfide) groups is 1. The molecule has 6 nitrogen and oxygen atoms in total. The van der Waals surface area contributed by atoms with Gasteiger partial charge in [0, 0.05) is 37.3 Å². The second-order valence-corrected chi connectivity index (χ2v) is 10.8. The van der Waals surface area contributed by atoms with Crippen molar-refractivity contribution >= 4 is 29.2 Å². The lowest BCUT2D eigenvalue weighted by molar-refractivity contribution is -0.103. The average molecular weight is 427 g/mol. The fourth-order valence-corrected chi connectivity index (χ4v) is 6.65. The van der Waals surface area contributed by atoms with Crippen LogP contribution in [0.2, 0.25) is 0 Å². The van der Waals surface area contributed by atoms with Crippen molar-refractivity contribution in [3.05, 3.63) is 35.8 Å². The number of amides is 2. The smallest absolute Gasteiger partial charge is 0.274 e. The van der Waals surface area contributed by atoms with Gasteiger partial charge >= 0.3 is 0 Å². The van der Waals surface area contributed by atoms with Crippen LogP contribution in [0.25, 0.3) is 5.65 Å². The fourth-order valence-electron chi connectivity index (χ4n) is 5.75. The molecule has 2 aromatic heterocycles. The number of rotatable bonds is 4. The number of carbonyl (C=O) groups excluding carboxylic acids is 2. The number of nitrogens with one attached hydrogen (secondary N) is 1. The standard InChI is InChI=1S/C23H30N4O2S/c1-23(2)16-7-6-15(17(23)12-16)13-24-21(28)19-4-3-5-20-25-18(14-27(19)20)22(29)26-8-10-30-11-9-26/h3-5,14-17H,6-13H2,1-2H3,(H,24,28)/t15-,16-,17-/m0/s1. The zero-order valence-corrected chi connectivity index (χ0v) is 18.6. The number of nitrogens with zero attached hydrogens (tertiary/aromatic N) is 3. The third-order valence-corrected chi connectivity index (χ3v) is 8.71. The van der Waals surface area contributed by atoms with E-state index in [9.17, 15) is 9.59 Å². The Labute approximate surface area is 181 Å². The molecule has 1 N–H and O–H groups in total. The topological polar surface area (TPSA) is 66.7 Å². The van der Waals surface area contributed by atoms with Gasteiger partial charge in [-0.15, -0.1) is 0 Å². The maximum atomic E-state index is 13.0. The fraction of sp³-hybridized carbons (Fsp3) is 0.609. The number of aromatic nitrogens is 2. The molecular formula is C23H30N4O2S. The van der Waals surface area contributed by atoms with Crippen LogP contribution in [0.3, 0.4) is 0 Å². The zero-order valence-electron chi connectivity index (χ0n) is 17.8. The molecule has 2 aromatic rings. The summed E-state index contributed by atoms with van der Waals surface area (Å²) in [5, 5.41) is 3.17. The van der Waals surface area contributed by atoms with E-state index in [1.165, 1.54) is 19.3 Å². The Bertz CT molecular complexity index is 977. The Balaban J connectivity index is 1.31. The van der Waals surface area contributed by atoms with Crippen molar-refractivity contribution in [2.24, 2.45) is 23.2 Å². The molecule has 0 radical (unpaired) electrons. The van der Waals surface area contributed by atoms with E-state index in [1.807, 2.05) is 28.8 Å². The van der Waals surface area contributed by atoms with Gasteiger partial charge in [-0.25, -0.2) is 4.98 Å². The lowest BCUT2D eigenvalue weighted by Crippen LogP contribution is -2.54. The number of pyridine rings is 1. The SMILES string of the molecule is CC1(C)[C@H]2CC[C@@H](CNC(=O)c3cccc4nc(C(=O)N5CCSCC5)cn34)[C@@H]1C2. The lowest BCUT2D eigenvalue weighted by atomic mass is 9.45. The summed E-state index contributed by atoms with van der Waals surface area (Å²) in [5.74, 6) is 3.93. The summed E-state index contributed by atoms with van der Waals surface area (Å²) in [4.78, 5) is 32.2. The highest BCUT2D eigenvalue weighted by molar-refractivity contribution is 7.99. The van der Waals surface area contributed by atoms with Crippen LogP contribution >= 0.6 is 11.8 Å². The molecular weight excluding hydrogens is 396 g/mol. The molecule has 2 bridgehead atoms. The first-order chi connectivity index (χ1) is 14.4. The summed E-state index contributed by atoms with van der Waals surface area (Å²) in [6.07, 6.45) is 5.52. The highest BCUT2D eigenvalue weighted by Crippen LogP contribution is 2.61. The lowest BCUT2D eigenvalue weighted by Gasteiger charge is -2.60. The van der Waals surface area contributed by atoms with E-state index in [2.05, 4.69) is 24.1 Å². The van der Waals surface area contributed by atoms with Crippen LogP contribution in [0.5, 0.6) is 0 Å². The van der Waals surface area contributed by atoms with Gasteiger partial charge in [-0.1, -0.05) is 19.9 Å². The third-order valence-electron chi connectivity index (χ3n) is 7.77. The van der Waals surface area contributed by atoms with Gasteiger partial charge in [0.05, 0.1) is 0 Å². The molecule has 3 saturated carbocycles. The number of hydrogen-bond acceptors (Lipinski definition) is 4. The van der Waals surface area contributed by atoms with Gasteiger partial charge in [0.25, 0.3) is 11.8 Å². The molecule has 1 aliphatic heterocycles. The molecule has 2 amide bonds. The van der Waals surface area contributed by atoms with E-state index < -0.39 is 0 Å². The zero-order chi connectivity index (χ0) is 20.9. The van der Waals surface area contributed by atoms with Crippen LogP contribution in [-0.2, 0) is 0 Å². The van der Waals surface area contributed by atoms with Crippen LogP contribution < -0.4 is 5.32 Å². The molecule has 160 valence electrons. The summed E-state index contributed by atoms with van der Waals surface area (Å²) in [5.41, 5.74) is 2.00. The normalized spacial score (nSPS) is 27.5. The van der Waals surface area contributed by atoms with Crippen LogP contribution in [0.1, 0.15) is 54.1 Å². The van der Waals surface area contributed by atoms with Crippen molar-refractivity contribution in [3.63, 3.8) is 0 Å². The monoisotopic (exact) mass is 426 g/mol. The first-order valence-electron chi connectivity index (χ1n) is 11.1. The highest BCUT2D eigenvalue weighted by Gasteiger charge is 2.53. The quantitative estimate of drug-likeness (QED) is 0.814. The molecule has 3 atom stereocenters. The highest BCUT2D eigenvalue weighted by atomic mass is 32.2. The second-order valence-electron chi connectivity index (χ2n) is 9.58. The van der Waals surface area contributed by atoms with E-state index >= 15 is 0 Å². The van der Waals surface area contributed by atoms with E-state index in [-0.39, 0.29) is 11.8 Å². The largest absolute Gasteiger partial charge is 0.350 e. The van der Waals surface area contributed by atoms with E-state index in [0.29, 0.717) is 34.3 Å². The second kappa shape index (κ2) is 7.59. The molecule has 3 aliphatic carbocycles. The minimum atomic E-state index is -0.0920. The number of fused-ring (bicyclic) bond motifs is 3. The molecule has 0 unspecified atom stereocenters. The van der Waals surface area contributed by atoms with Crippen LogP contribution in [0.15, 0.2) is 24.4 Å². The van der Waals surface area contributed by atoms with Gasteiger partial charge in [-0.05, 0) is 54.6 Å². The Kier molecular flexibility index (Phi) is 5.04. The van der Waals surface area contributed by atoms with Crippen molar-refractivity contribution in [3.8, 4) is 0 Å². The predicted octanol–water partition coefficient (Wildman–Crippen LogP) is 3.33. The maximum absolute atomic E-state index is 13.0. The van der Waals surface area contributed by atoms with E-state index in [4.69, 9.17) is 0 Å². The van der Waals surface area contributed by atoms with Gasteiger partial charge in [0.2, 0.25) is 0 Å². The van der Waals surface area contributed by atoms with Crippen LogP contribution in [0, 0.1) is 23.2 Å². The van der Waals surface area contributed by atoms with Gasteiger partial charge in [-0.2, -0.15) is 11.8 Å². The minimum Gasteiger partial charge on any atom is -0.350 e. The van der Waals surface area contributed by atoms with Crippen molar-refractivity contribution in [2.75, 3.05) is 31.1 Å². The van der Waals surface area contributed by atoms with Gasteiger partial charge in [-0.3, -0.25) is 14.0 Å². The molecule has 0 aromatic carbocycles. The van der Waals surface area contributed by atoms with E-state index in [0.717, 1.165) is 37.1 Å². The summed E-state index contributed by atoms with van der Waals surface area (Å²) in [6.45, 7) is 6.99. The molecule has 3 heterocycles. The molecule has 30 heavy (non-hydrogen) atoms. The number of carbonyl (C=O) groups is 2.